The minimum absolute atomic E-state index is 0.0811. The lowest BCUT2D eigenvalue weighted by Crippen LogP contribution is -2.61. The SMILES string of the molecule is CCC1NC(=O)C(C[C@H](C)CCCCCCO)N(C)C(=O)C(C(C)C)N(C)C(=O)C(CC(C)C)N(C)C(=O)C(CC(C)C)N(C)C(=O)C(C)NC(=O)[C@@H](C)NC(=O)[C@@H](CC(C)C)N(C)C(=O)[C@@H](C(C)C)NC(=O)[C@H](CC(C)C)N(C)C(=O)CN(C)C1=O. The predicted molar refractivity (Wildman–Crippen MR) is 338 cm³/mol. The third kappa shape index (κ3) is 23.9. The van der Waals surface area contributed by atoms with E-state index in [1.54, 1.807) is 34.6 Å². The molecule has 6 unspecified atom stereocenters. The number of aliphatic hydroxyl groups excluding tert-OH is 1. The highest BCUT2D eigenvalue weighted by Gasteiger charge is 2.44. The first-order chi connectivity index (χ1) is 40.3. The van der Waals surface area contributed by atoms with Crippen LogP contribution in [0.25, 0.3) is 0 Å². The highest BCUT2D eigenvalue weighted by atomic mass is 16.3. The molecule has 1 rings (SSSR count). The van der Waals surface area contributed by atoms with Crippen LogP contribution in [0.2, 0.25) is 0 Å². The number of carbonyl (C=O) groups is 11. The summed E-state index contributed by atoms with van der Waals surface area (Å²) in [5.41, 5.74) is 0. The Morgan fingerprint density at radius 1 is 0.414 bits per heavy atom. The van der Waals surface area contributed by atoms with Gasteiger partial charge in [-0.25, -0.2) is 0 Å². The van der Waals surface area contributed by atoms with E-state index in [0.717, 1.165) is 19.3 Å². The Hall–Kier alpha value is -5.87. The van der Waals surface area contributed by atoms with E-state index in [2.05, 4.69) is 21.3 Å². The van der Waals surface area contributed by atoms with Crippen molar-refractivity contribution in [2.45, 2.75) is 242 Å². The highest BCUT2D eigenvalue weighted by Crippen LogP contribution is 2.26. The number of nitrogens with zero attached hydrogens (tertiary/aromatic N) is 7. The molecule has 0 radical (unpaired) electrons. The lowest BCUT2D eigenvalue weighted by Gasteiger charge is -2.41. The smallest absolute Gasteiger partial charge is 0.246 e. The lowest BCUT2D eigenvalue weighted by atomic mass is 9.92. The van der Waals surface area contributed by atoms with Crippen LogP contribution in [0.4, 0.5) is 0 Å². The molecular weight excluding hydrogens is 1110 g/mol. The van der Waals surface area contributed by atoms with Crippen molar-refractivity contribution in [2.24, 2.45) is 41.4 Å². The largest absolute Gasteiger partial charge is 0.396 e. The van der Waals surface area contributed by atoms with Crippen LogP contribution in [0.5, 0.6) is 0 Å². The van der Waals surface area contributed by atoms with Crippen molar-refractivity contribution in [3.63, 3.8) is 0 Å². The Kier molecular flexibility index (Phi) is 33.8. The Bertz CT molecular complexity index is 2300. The molecule has 1 fully saturated rings. The molecule has 23 nitrogen and oxygen atoms in total. The van der Waals surface area contributed by atoms with E-state index >= 15 is 9.59 Å². The maximum absolute atomic E-state index is 15.2. The van der Waals surface area contributed by atoms with Crippen molar-refractivity contribution in [3.05, 3.63) is 0 Å². The predicted octanol–water partition coefficient (Wildman–Crippen LogP) is 4.27. The molecule has 11 atom stereocenters. The van der Waals surface area contributed by atoms with Gasteiger partial charge in [0.2, 0.25) is 65.0 Å². The van der Waals surface area contributed by atoms with Gasteiger partial charge in [0.1, 0.15) is 60.4 Å². The summed E-state index contributed by atoms with van der Waals surface area (Å²) in [6, 6.07) is -11.5. The number of nitrogens with one attached hydrogen (secondary N) is 4. The highest BCUT2D eigenvalue weighted by molar-refractivity contribution is 5.99. The molecule has 1 aliphatic heterocycles. The molecule has 87 heavy (non-hydrogen) atoms. The fourth-order valence-corrected chi connectivity index (χ4v) is 11.2. The zero-order valence-corrected chi connectivity index (χ0v) is 57.6. The van der Waals surface area contributed by atoms with Crippen LogP contribution in [0, 0.1) is 41.4 Å². The molecule has 0 aromatic carbocycles. The van der Waals surface area contributed by atoms with Gasteiger partial charge < -0.3 is 60.7 Å². The molecule has 500 valence electrons. The number of hydrogen-bond acceptors (Lipinski definition) is 12. The van der Waals surface area contributed by atoms with E-state index in [1.807, 2.05) is 62.3 Å². The van der Waals surface area contributed by atoms with Crippen LogP contribution in [0.1, 0.15) is 181 Å². The molecule has 0 aromatic rings. The Labute approximate surface area is 522 Å². The Balaban J connectivity index is 4.28. The standard InChI is InChI=1S/C64H117N11O12/c1-24-46-60(83)69(17)36-52(77)70(18)47(31-37(2)3)58(81)68-53(41(10)11)63(86)71(19)48(32-38(4)5)56(79)65-44(15)55(78)66-45(16)59(82)73(21)50(33-39(6)7)61(84)74(22)51(34-40(8)9)62(85)75(23)54(42(12)13)64(87)72(20)49(57(80)67-46)35-43(14)29-27-25-26-28-30-76/h37-51,53-54,76H,24-36H2,1-23H3,(H,65,79)(H,66,78)(H,67,80)(H,68,81)/t43-,44-,45?,46?,47+,48-,49?,50?,51?,53-,54?/m1/s1. The van der Waals surface area contributed by atoms with Gasteiger partial charge in [0, 0.05) is 55.9 Å². The summed E-state index contributed by atoms with van der Waals surface area (Å²) < 4.78 is 0. The number of carbonyl (C=O) groups excluding carboxylic acids is 11. The number of amides is 11. The molecule has 0 aromatic heterocycles. The van der Waals surface area contributed by atoms with E-state index in [9.17, 15) is 48.3 Å². The summed E-state index contributed by atoms with van der Waals surface area (Å²) in [4.78, 5) is 169. The van der Waals surface area contributed by atoms with Gasteiger partial charge in [0.15, 0.2) is 0 Å². The van der Waals surface area contributed by atoms with Crippen LogP contribution in [-0.4, -0.2) is 227 Å². The van der Waals surface area contributed by atoms with Gasteiger partial charge in [0.05, 0.1) is 6.54 Å². The minimum Gasteiger partial charge on any atom is -0.396 e. The molecule has 11 amide bonds. The third-order valence-corrected chi connectivity index (χ3v) is 16.7. The molecular formula is C64H117N11O12. The number of unbranched alkanes of at least 4 members (excludes halogenated alkanes) is 3. The van der Waals surface area contributed by atoms with Crippen LogP contribution in [-0.2, 0) is 52.7 Å². The van der Waals surface area contributed by atoms with Crippen LogP contribution < -0.4 is 21.3 Å². The zero-order chi connectivity index (χ0) is 67.2. The fourth-order valence-electron chi connectivity index (χ4n) is 11.2. The average Bonchev–Trinajstić information content (AvgIpc) is 1.29. The number of aliphatic hydroxyl groups is 1. The van der Waals surface area contributed by atoms with Gasteiger partial charge in [-0.3, -0.25) is 52.7 Å². The van der Waals surface area contributed by atoms with Crippen molar-refractivity contribution in [2.75, 3.05) is 62.5 Å². The maximum atomic E-state index is 15.2. The second kappa shape index (κ2) is 37.2. The molecule has 1 aliphatic rings. The number of likely N-dealkylation sites (N-methyl/N-ethyl adjacent to an activating group) is 7. The van der Waals surface area contributed by atoms with Crippen LogP contribution >= 0.6 is 0 Å². The first-order valence-electron chi connectivity index (χ1n) is 32.0. The molecule has 1 heterocycles. The zero-order valence-electron chi connectivity index (χ0n) is 57.6. The quantitative estimate of drug-likeness (QED) is 0.113. The molecule has 0 bridgehead atoms. The van der Waals surface area contributed by atoms with Gasteiger partial charge in [-0.15, -0.1) is 0 Å². The van der Waals surface area contributed by atoms with Crippen molar-refractivity contribution in [3.8, 4) is 0 Å². The summed E-state index contributed by atoms with van der Waals surface area (Å²) in [7, 11) is 10.3. The van der Waals surface area contributed by atoms with Gasteiger partial charge in [0.25, 0.3) is 0 Å². The van der Waals surface area contributed by atoms with Crippen LogP contribution in [0.3, 0.4) is 0 Å². The van der Waals surface area contributed by atoms with E-state index in [-0.39, 0.29) is 74.7 Å². The summed E-state index contributed by atoms with van der Waals surface area (Å²) in [6.45, 7) is 28.3. The molecule has 0 spiro atoms. The second-order valence-corrected chi connectivity index (χ2v) is 27.2. The van der Waals surface area contributed by atoms with E-state index < -0.39 is 144 Å². The Morgan fingerprint density at radius 2 is 0.816 bits per heavy atom. The number of hydrogen-bond donors (Lipinski definition) is 5. The van der Waals surface area contributed by atoms with Gasteiger partial charge in [-0.2, -0.15) is 0 Å². The first-order valence-corrected chi connectivity index (χ1v) is 32.0. The fraction of sp³-hybridized carbons (Fsp3) is 0.828. The Morgan fingerprint density at radius 3 is 1.29 bits per heavy atom. The molecule has 0 saturated carbocycles. The summed E-state index contributed by atoms with van der Waals surface area (Å²) >= 11 is 0. The lowest BCUT2D eigenvalue weighted by molar-refractivity contribution is -0.156. The molecule has 5 N–H and O–H groups in total. The van der Waals surface area contributed by atoms with Crippen molar-refractivity contribution in [1.29, 1.82) is 0 Å². The first kappa shape index (κ1) is 79.1. The van der Waals surface area contributed by atoms with E-state index in [1.165, 1.54) is 97.5 Å². The van der Waals surface area contributed by atoms with E-state index in [0.29, 0.717) is 12.8 Å². The van der Waals surface area contributed by atoms with Crippen molar-refractivity contribution >= 4 is 65.0 Å². The van der Waals surface area contributed by atoms with Gasteiger partial charge in [-0.1, -0.05) is 123 Å². The second-order valence-electron chi connectivity index (χ2n) is 27.2. The average molecular weight is 1230 g/mol. The third-order valence-electron chi connectivity index (χ3n) is 16.7. The molecule has 23 heteroatoms. The molecule has 0 aliphatic carbocycles. The summed E-state index contributed by atoms with van der Waals surface area (Å²) in [6.07, 6.45) is 4.82. The van der Waals surface area contributed by atoms with E-state index in [4.69, 9.17) is 0 Å². The van der Waals surface area contributed by atoms with Gasteiger partial charge in [-0.05, 0) is 100 Å². The van der Waals surface area contributed by atoms with Crippen LogP contribution in [0.15, 0.2) is 0 Å². The summed E-state index contributed by atoms with van der Waals surface area (Å²) in [5.74, 6) is -8.36. The maximum Gasteiger partial charge on any atom is 0.246 e. The monoisotopic (exact) mass is 1230 g/mol. The topological polar surface area (TPSA) is 279 Å². The minimum atomic E-state index is -1.22. The van der Waals surface area contributed by atoms with Crippen molar-refractivity contribution < 1.29 is 57.8 Å². The van der Waals surface area contributed by atoms with Gasteiger partial charge >= 0.3 is 0 Å². The normalized spacial score (nSPS) is 26.1. The number of rotatable bonds is 19. The summed E-state index contributed by atoms with van der Waals surface area (Å²) in [5, 5.41) is 20.5. The molecule has 1 saturated heterocycles. The van der Waals surface area contributed by atoms with Crippen molar-refractivity contribution in [1.82, 2.24) is 55.6 Å².